The summed E-state index contributed by atoms with van der Waals surface area (Å²) in [4.78, 5) is 6.75. The van der Waals surface area contributed by atoms with Crippen molar-refractivity contribution in [2.24, 2.45) is 10.2 Å². The maximum Gasteiger partial charge on any atom is 0.172 e. The van der Waals surface area contributed by atoms with Gasteiger partial charge in [-0.1, -0.05) is 30.3 Å². The summed E-state index contributed by atoms with van der Waals surface area (Å²) in [5, 5.41) is 10.6. The van der Waals surface area contributed by atoms with E-state index >= 15 is 0 Å². The molecule has 1 aromatic heterocycles. The monoisotopic (exact) mass is 222 g/mol. The highest BCUT2D eigenvalue weighted by atomic mass is 15.2. The molecular formula is C13H10N4. The smallest absolute Gasteiger partial charge is 0.172 e. The predicted octanol–water partition coefficient (Wildman–Crippen LogP) is 3.98. The fraction of sp³-hybridized carbons (Fsp3) is 0. The second-order valence-corrected chi connectivity index (χ2v) is 3.67. The van der Waals surface area contributed by atoms with Crippen molar-refractivity contribution in [3.63, 3.8) is 0 Å². The van der Waals surface area contributed by atoms with Crippen molar-refractivity contribution in [1.29, 1.82) is 0 Å². The van der Waals surface area contributed by atoms with Crippen molar-refractivity contribution < 1.29 is 0 Å². The number of nitrogens with zero attached hydrogens (tertiary/aromatic N) is 3. The van der Waals surface area contributed by atoms with Crippen molar-refractivity contribution in [3.05, 3.63) is 55.0 Å². The molecule has 0 unspecified atom stereocenters. The summed E-state index contributed by atoms with van der Waals surface area (Å²) in [7, 11) is 0. The average molecular weight is 222 g/mol. The van der Waals surface area contributed by atoms with E-state index in [0.717, 1.165) is 11.1 Å². The largest absolute Gasteiger partial charge is 0.328 e. The number of nitrogens with one attached hydrogen (secondary N) is 1. The van der Waals surface area contributed by atoms with Crippen LogP contribution >= 0.6 is 0 Å². The van der Waals surface area contributed by atoms with E-state index in [1.807, 2.05) is 30.3 Å². The Morgan fingerprint density at radius 2 is 1.82 bits per heavy atom. The minimum atomic E-state index is 0.651. The first kappa shape index (κ1) is 9.72. The standard InChI is InChI=1S/C13H10N4/c1-2-4-11-7-12(6-5-10(11)3-1)16-17-13-8-14-9-15-13/h1-9H,(H,14,15). The van der Waals surface area contributed by atoms with Crippen molar-refractivity contribution in [2.45, 2.75) is 0 Å². The lowest BCUT2D eigenvalue weighted by atomic mass is 10.1. The predicted molar refractivity (Wildman–Crippen MR) is 66.7 cm³/mol. The second-order valence-electron chi connectivity index (χ2n) is 3.67. The molecule has 0 radical (unpaired) electrons. The van der Waals surface area contributed by atoms with E-state index in [9.17, 15) is 0 Å². The minimum Gasteiger partial charge on any atom is -0.328 e. The van der Waals surface area contributed by atoms with Crippen LogP contribution in [0.3, 0.4) is 0 Å². The van der Waals surface area contributed by atoms with Gasteiger partial charge < -0.3 is 4.98 Å². The summed E-state index contributed by atoms with van der Waals surface area (Å²) >= 11 is 0. The van der Waals surface area contributed by atoms with Crippen molar-refractivity contribution in [1.82, 2.24) is 9.97 Å². The molecule has 0 fully saturated rings. The summed E-state index contributed by atoms with van der Waals surface area (Å²) in [6, 6.07) is 14.2. The molecule has 0 aliphatic rings. The van der Waals surface area contributed by atoms with E-state index in [-0.39, 0.29) is 0 Å². The molecule has 0 aliphatic heterocycles. The van der Waals surface area contributed by atoms with Crippen LogP contribution in [0.1, 0.15) is 0 Å². The molecule has 82 valence electrons. The molecule has 0 amide bonds. The molecule has 17 heavy (non-hydrogen) atoms. The van der Waals surface area contributed by atoms with Crippen molar-refractivity contribution in [3.8, 4) is 0 Å². The highest BCUT2D eigenvalue weighted by Gasteiger charge is 1.94. The number of aromatic amines is 1. The van der Waals surface area contributed by atoms with E-state index in [4.69, 9.17) is 0 Å². The van der Waals surface area contributed by atoms with Crippen LogP contribution in [0.2, 0.25) is 0 Å². The van der Waals surface area contributed by atoms with Gasteiger partial charge in [-0.3, -0.25) is 0 Å². The Bertz CT molecular complexity index is 656. The van der Waals surface area contributed by atoms with E-state index in [1.54, 1.807) is 12.5 Å². The van der Waals surface area contributed by atoms with E-state index < -0.39 is 0 Å². The quantitative estimate of drug-likeness (QED) is 0.655. The van der Waals surface area contributed by atoms with Gasteiger partial charge in [0, 0.05) is 0 Å². The number of rotatable bonds is 2. The van der Waals surface area contributed by atoms with Crippen LogP contribution in [-0.4, -0.2) is 9.97 Å². The van der Waals surface area contributed by atoms with Gasteiger partial charge in [0.1, 0.15) is 0 Å². The number of H-pyrrole nitrogens is 1. The summed E-state index contributed by atoms with van der Waals surface area (Å²) in [6.07, 6.45) is 3.21. The number of fused-ring (bicyclic) bond motifs is 1. The number of imidazole rings is 1. The molecular weight excluding hydrogens is 212 g/mol. The van der Waals surface area contributed by atoms with E-state index in [0.29, 0.717) is 5.82 Å². The third-order valence-electron chi connectivity index (χ3n) is 2.49. The van der Waals surface area contributed by atoms with Gasteiger partial charge in [0.2, 0.25) is 0 Å². The number of benzene rings is 2. The first-order valence-electron chi connectivity index (χ1n) is 5.31. The van der Waals surface area contributed by atoms with Gasteiger partial charge in [0.25, 0.3) is 0 Å². The average Bonchev–Trinajstić information content (AvgIpc) is 2.89. The molecule has 3 aromatic rings. The summed E-state index contributed by atoms with van der Waals surface area (Å²) in [5.74, 6) is 0.651. The van der Waals surface area contributed by atoms with Gasteiger partial charge in [-0.25, -0.2) is 4.98 Å². The molecule has 0 saturated carbocycles. The lowest BCUT2D eigenvalue weighted by Crippen LogP contribution is -1.70. The zero-order valence-electron chi connectivity index (χ0n) is 9.04. The molecule has 4 nitrogen and oxygen atoms in total. The van der Waals surface area contributed by atoms with Crippen LogP contribution in [0, 0.1) is 0 Å². The summed E-state index contributed by atoms with van der Waals surface area (Å²) < 4.78 is 0. The van der Waals surface area contributed by atoms with Gasteiger partial charge in [0.15, 0.2) is 5.82 Å². The minimum absolute atomic E-state index is 0.651. The molecule has 1 heterocycles. The Morgan fingerprint density at radius 1 is 0.941 bits per heavy atom. The number of aromatic nitrogens is 2. The first-order valence-corrected chi connectivity index (χ1v) is 5.31. The molecule has 4 heteroatoms. The zero-order valence-corrected chi connectivity index (χ0v) is 9.04. The first-order chi connectivity index (χ1) is 8.42. The van der Waals surface area contributed by atoms with Crippen LogP contribution in [0.5, 0.6) is 0 Å². The highest BCUT2D eigenvalue weighted by Crippen LogP contribution is 2.22. The fourth-order valence-corrected chi connectivity index (χ4v) is 1.65. The molecule has 0 bridgehead atoms. The maximum absolute atomic E-state index is 4.15. The molecule has 1 N–H and O–H groups in total. The number of hydrogen-bond acceptors (Lipinski definition) is 3. The second kappa shape index (κ2) is 4.17. The SMILES string of the molecule is c1ccc2cc(N=Nc3cnc[nH]3)ccc2c1. The van der Waals surface area contributed by atoms with Crippen LogP contribution < -0.4 is 0 Å². The molecule has 2 aromatic carbocycles. The highest BCUT2D eigenvalue weighted by molar-refractivity contribution is 5.85. The van der Waals surface area contributed by atoms with Gasteiger partial charge in [-0.2, -0.15) is 0 Å². The Morgan fingerprint density at radius 3 is 2.65 bits per heavy atom. The normalized spacial score (nSPS) is 11.3. The van der Waals surface area contributed by atoms with Gasteiger partial charge >= 0.3 is 0 Å². The van der Waals surface area contributed by atoms with Crippen molar-refractivity contribution >= 4 is 22.3 Å². The fourth-order valence-electron chi connectivity index (χ4n) is 1.65. The summed E-state index contributed by atoms with van der Waals surface area (Å²) in [6.45, 7) is 0. The van der Waals surface area contributed by atoms with E-state index in [2.05, 4.69) is 32.3 Å². The van der Waals surface area contributed by atoms with Gasteiger partial charge in [-0.05, 0) is 22.9 Å². The molecule has 3 rings (SSSR count). The third-order valence-corrected chi connectivity index (χ3v) is 2.49. The third kappa shape index (κ3) is 2.06. The topological polar surface area (TPSA) is 53.4 Å². The molecule has 0 saturated heterocycles. The van der Waals surface area contributed by atoms with Gasteiger partial charge in [-0.15, -0.1) is 10.2 Å². The lowest BCUT2D eigenvalue weighted by molar-refractivity contribution is 1.18. The Kier molecular flexibility index (Phi) is 2.38. The lowest BCUT2D eigenvalue weighted by Gasteiger charge is -1.97. The van der Waals surface area contributed by atoms with Gasteiger partial charge in [0.05, 0.1) is 18.2 Å². The van der Waals surface area contributed by atoms with Crippen LogP contribution in [0.25, 0.3) is 10.8 Å². The van der Waals surface area contributed by atoms with Crippen LogP contribution in [-0.2, 0) is 0 Å². The molecule has 0 atom stereocenters. The number of azo groups is 1. The zero-order chi connectivity index (χ0) is 11.5. The van der Waals surface area contributed by atoms with Crippen LogP contribution in [0.15, 0.2) is 65.2 Å². The van der Waals surface area contributed by atoms with Crippen LogP contribution in [0.4, 0.5) is 11.5 Å². The number of hydrogen-bond donors (Lipinski definition) is 1. The Hall–Kier alpha value is -2.49. The maximum atomic E-state index is 4.15. The Labute approximate surface area is 98.0 Å². The molecule has 0 spiro atoms. The molecule has 0 aliphatic carbocycles. The van der Waals surface area contributed by atoms with E-state index in [1.165, 1.54) is 5.39 Å². The summed E-state index contributed by atoms with van der Waals surface area (Å²) in [5.41, 5.74) is 0.832. The Balaban J connectivity index is 1.96. The van der Waals surface area contributed by atoms with Crippen molar-refractivity contribution in [2.75, 3.05) is 0 Å².